The molecule has 0 spiro atoms. The van der Waals surface area contributed by atoms with Gasteiger partial charge in [-0.15, -0.1) is 0 Å². The van der Waals surface area contributed by atoms with E-state index in [1.807, 2.05) is 0 Å². The fourth-order valence-corrected chi connectivity index (χ4v) is 2.66. The fourth-order valence-electron chi connectivity index (χ4n) is 2.66. The maximum Gasteiger partial charge on any atom is 0.240 e. The van der Waals surface area contributed by atoms with Crippen molar-refractivity contribution < 1.29 is 19.1 Å². The molecule has 6 heteroatoms. The van der Waals surface area contributed by atoms with Crippen LogP contribution in [0.4, 0.5) is 5.69 Å². The number of carbonyl (C=O) groups excluding carboxylic acids is 2. The Labute approximate surface area is 129 Å². The lowest BCUT2D eigenvalue weighted by molar-refractivity contribution is -0.145. The molecule has 1 saturated carbocycles. The molecular weight excluding hydrogens is 284 g/mol. The predicted molar refractivity (Wildman–Crippen MR) is 80.7 cm³/mol. The zero-order valence-corrected chi connectivity index (χ0v) is 12.6. The molecule has 1 aromatic rings. The lowest BCUT2D eigenvalue weighted by atomic mass is 10.0. The van der Waals surface area contributed by atoms with E-state index >= 15 is 0 Å². The molecule has 2 aliphatic rings. The third-order valence-electron chi connectivity index (χ3n) is 4.24. The summed E-state index contributed by atoms with van der Waals surface area (Å²) in [4.78, 5) is 26.9. The number of anilines is 1. The van der Waals surface area contributed by atoms with E-state index in [0.717, 1.165) is 5.75 Å². The molecule has 1 aliphatic carbocycles. The van der Waals surface area contributed by atoms with Gasteiger partial charge in [-0.2, -0.15) is 0 Å². The molecule has 0 unspecified atom stereocenters. The first-order valence-corrected chi connectivity index (χ1v) is 7.48. The van der Waals surface area contributed by atoms with Crippen LogP contribution in [0.2, 0.25) is 0 Å². The molecule has 1 aromatic carbocycles. The van der Waals surface area contributed by atoms with Gasteiger partial charge in [-0.25, -0.2) is 0 Å². The van der Waals surface area contributed by atoms with Crippen molar-refractivity contribution in [3.05, 3.63) is 24.3 Å². The SMILES string of the molecule is COc1ccc(NC(=O)C2(C(=O)N3CCOCC3)CC2)cc1. The average molecular weight is 304 g/mol. The first kappa shape index (κ1) is 14.8. The van der Waals surface area contributed by atoms with Crippen LogP contribution < -0.4 is 10.1 Å². The molecule has 118 valence electrons. The lowest BCUT2D eigenvalue weighted by Crippen LogP contribution is -2.47. The Balaban J connectivity index is 1.66. The summed E-state index contributed by atoms with van der Waals surface area (Å²) >= 11 is 0. The van der Waals surface area contributed by atoms with Crippen molar-refractivity contribution in [2.75, 3.05) is 38.7 Å². The van der Waals surface area contributed by atoms with E-state index in [9.17, 15) is 9.59 Å². The first-order chi connectivity index (χ1) is 10.7. The van der Waals surface area contributed by atoms with Gasteiger partial charge in [-0.3, -0.25) is 9.59 Å². The predicted octanol–water partition coefficient (Wildman–Crippen LogP) is 1.27. The number of morpholine rings is 1. The number of ether oxygens (including phenoxy) is 2. The van der Waals surface area contributed by atoms with Gasteiger partial charge in [0.2, 0.25) is 11.8 Å². The Morgan fingerprint density at radius 1 is 1.18 bits per heavy atom. The number of benzene rings is 1. The number of nitrogens with zero attached hydrogens (tertiary/aromatic N) is 1. The van der Waals surface area contributed by atoms with Crippen LogP contribution in [0.3, 0.4) is 0 Å². The Bertz CT molecular complexity index is 560. The van der Waals surface area contributed by atoms with E-state index < -0.39 is 5.41 Å². The van der Waals surface area contributed by atoms with E-state index in [1.54, 1.807) is 36.3 Å². The van der Waals surface area contributed by atoms with E-state index in [4.69, 9.17) is 9.47 Å². The van der Waals surface area contributed by atoms with Crippen LogP contribution in [0.5, 0.6) is 5.75 Å². The summed E-state index contributed by atoms with van der Waals surface area (Å²) in [6.45, 7) is 2.22. The van der Waals surface area contributed by atoms with Crippen LogP contribution in [0.15, 0.2) is 24.3 Å². The molecule has 1 heterocycles. The Hall–Kier alpha value is -2.08. The topological polar surface area (TPSA) is 67.9 Å². The third-order valence-corrected chi connectivity index (χ3v) is 4.24. The summed E-state index contributed by atoms with van der Waals surface area (Å²) in [6, 6.07) is 7.09. The van der Waals surface area contributed by atoms with Gasteiger partial charge in [0.25, 0.3) is 0 Å². The lowest BCUT2D eigenvalue weighted by Gasteiger charge is -2.30. The Kier molecular flexibility index (Phi) is 4.02. The monoisotopic (exact) mass is 304 g/mol. The van der Waals surface area contributed by atoms with Crippen LogP contribution in [-0.2, 0) is 14.3 Å². The highest BCUT2D eigenvalue weighted by atomic mass is 16.5. The molecule has 1 aliphatic heterocycles. The molecule has 0 aromatic heterocycles. The number of amides is 2. The van der Waals surface area contributed by atoms with Gasteiger partial charge in [0.15, 0.2) is 0 Å². The highest BCUT2D eigenvalue weighted by molar-refractivity contribution is 6.13. The fraction of sp³-hybridized carbons (Fsp3) is 0.500. The van der Waals surface area contributed by atoms with Crippen molar-refractivity contribution in [2.24, 2.45) is 5.41 Å². The highest BCUT2D eigenvalue weighted by Gasteiger charge is 2.58. The largest absolute Gasteiger partial charge is 0.497 e. The van der Waals surface area contributed by atoms with Crippen molar-refractivity contribution in [3.63, 3.8) is 0 Å². The molecule has 0 bridgehead atoms. The third kappa shape index (κ3) is 2.78. The van der Waals surface area contributed by atoms with Gasteiger partial charge in [-0.05, 0) is 37.1 Å². The van der Waals surface area contributed by atoms with Crippen molar-refractivity contribution in [1.82, 2.24) is 4.90 Å². The van der Waals surface area contributed by atoms with Crippen molar-refractivity contribution >= 4 is 17.5 Å². The van der Waals surface area contributed by atoms with Gasteiger partial charge in [0, 0.05) is 18.8 Å². The second kappa shape index (κ2) is 5.96. The Morgan fingerprint density at radius 3 is 2.36 bits per heavy atom. The second-order valence-electron chi connectivity index (χ2n) is 5.67. The summed E-state index contributed by atoms with van der Waals surface area (Å²) in [5, 5.41) is 2.84. The van der Waals surface area contributed by atoms with Crippen molar-refractivity contribution in [2.45, 2.75) is 12.8 Å². The summed E-state index contributed by atoms with van der Waals surface area (Å²) in [7, 11) is 1.59. The summed E-state index contributed by atoms with van der Waals surface area (Å²) in [6.07, 6.45) is 1.23. The van der Waals surface area contributed by atoms with Gasteiger partial charge < -0.3 is 19.7 Å². The van der Waals surface area contributed by atoms with Crippen molar-refractivity contribution in [3.8, 4) is 5.75 Å². The highest BCUT2D eigenvalue weighted by Crippen LogP contribution is 2.48. The Morgan fingerprint density at radius 2 is 1.82 bits per heavy atom. The van der Waals surface area contributed by atoms with Gasteiger partial charge in [0.05, 0.1) is 20.3 Å². The standard InChI is InChI=1S/C16H20N2O4/c1-21-13-4-2-12(3-5-13)17-14(19)16(6-7-16)15(20)18-8-10-22-11-9-18/h2-5H,6-11H2,1H3,(H,17,19). The maximum atomic E-state index is 12.6. The number of hydrogen-bond acceptors (Lipinski definition) is 4. The van der Waals surface area contributed by atoms with Crippen LogP contribution in [0, 0.1) is 5.41 Å². The second-order valence-corrected chi connectivity index (χ2v) is 5.67. The molecule has 0 atom stereocenters. The van der Waals surface area contributed by atoms with Crippen LogP contribution in [0.25, 0.3) is 0 Å². The van der Waals surface area contributed by atoms with E-state index in [0.29, 0.717) is 44.8 Å². The van der Waals surface area contributed by atoms with E-state index in [2.05, 4.69) is 5.32 Å². The molecule has 1 N–H and O–H groups in total. The van der Waals surface area contributed by atoms with Crippen LogP contribution >= 0.6 is 0 Å². The summed E-state index contributed by atoms with van der Waals surface area (Å²) < 4.78 is 10.3. The average Bonchev–Trinajstić information content (AvgIpc) is 3.37. The molecule has 6 nitrogen and oxygen atoms in total. The van der Waals surface area contributed by atoms with Crippen LogP contribution in [0.1, 0.15) is 12.8 Å². The molecule has 1 saturated heterocycles. The summed E-state index contributed by atoms with van der Waals surface area (Å²) in [5.74, 6) is 0.444. The molecule has 2 fully saturated rings. The number of methoxy groups -OCH3 is 1. The molecule has 2 amide bonds. The number of carbonyl (C=O) groups is 2. The molecular formula is C16H20N2O4. The number of hydrogen-bond donors (Lipinski definition) is 1. The zero-order valence-electron chi connectivity index (χ0n) is 12.6. The molecule has 0 radical (unpaired) electrons. The van der Waals surface area contributed by atoms with E-state index in [1.165, 1.54) is 0 Å². The normalized spacial score (nSPS) is 19.4. The molecule has 3 rings (SSSR count). The molecule has 22 heavy (non-hydrogen) atoms. The maximum absolute atomic E-state index is 12.6. The minimum Gasteiger partial charge on any atom is -0.497 e. The minimum atomic E-state index is -0.878. The first-order valence-electron chi connectivity index (χ1n) is 7.48. The number of nitrogens with one attached hydrogen (secondary N) is 1. The number of rotatable bonds is 4. The van der Waals surface area contributed by atoms with E-state index in [-0.39, 0.29) is 11.8 Å². The van der Waals surface area contributed by atoms with Gasteiger partial charge >= 0.3 is 0 Å². The smallest absolute Gasteiger partial charge is 0.240 e. The summed E-state index contributed by atoms with van der Waals surface area (Å²) in [5.41, 5.74) is -0.205. The van der Waals surface area contributed by atoms with Crippen molar-refractivity contribution in [1.29, 1.82) is 0 Å². The minimum absolute atomic E-state index is 0.0678. The van der Waals surface area contributed by atoms with Crippen LogP contribution in [-0.4, -0.2) is 50.1 Å². The van der Waals surface area contributed by atoms with Gasteiger partial charge in [0.1, 0.15) is 11.2 Å². The van der Waals surface area contributed by atoms with Gasteiger partial charge in [-0.1, -0.05) is 0 Å². The zero-order chi connectivity index (χ0) is 15.6. The quantitative estimate of drug-likeness (QED) is 0.851.